The molecule has 3 nitrogen and oxygen atoms in total. The number of carbonyl (C=O) groups excluding carboxylic acids is 1. The lowest BCUT2D eigenvalue weighted by Crippen LogP contribution is -2.08. The quantitative estimate of drug-likeness (QED) is 0.432. The van der Waals surface area contributed by atoms with Crippen LogP contribution in [0.5, 0.6) is 0 Å². The van der Waals surface area contributed by atoms with Gasteiger partial charge in [0.1, 0.15) is 11.9 Å². The Bertz CT molecular complexity index is 928. The van der Waals surface area contributed by atoms with Crippen molar-refractivity contribution in [2.24, 2.45) is 5.92 Å². The van der Waals surface area contributed by atoms with Gasteiger partial charge in [-0.15, -0.1) is 22.7 Å². The monoisotopic (exact) mass is 402 g/mol. The van der Waals surface area contributed by atoms with Crippen LogP contribution < -0.4 is 0 Å². The predicted molar refractivity (Wildman–Crippen MR) is 110 cm³/mol. The molecule has 0 aliphatic rings. The molecular formula is C21H23FN2OS2. The number of Topliss-reactive ketones (excluding diaryl/α,β-unsaturated/α-hetero) is 1. The molecule has 1 atom stereocenters. The number of nitrogens with zero attached hydrogens (tertiary/aromatic N) is 2. The summed E-state index contributed by atoms with van der Waals surface area (Å²) in [7, 11) is 0. The molecule has 0 bridgehead atoms. The van der Waals surface area contributed by atoms with Crippen LogP contribution in [0, 0.1) is 19.8 Å². The van der Waals surface area contributed by atoms with Gasteiger partial charge in [-0.05, 0) is 31.7 Å². The number of aryl methyl sites for hydroxylation is 3. The molecular weight excluding hydrogens is 379 g/mol. The zero-order chi connectivity index (χ0) is 19.6. The molecule has 1 aromatic carbocycles. The Morgan fingerprint density at radius 2 is 1.81 bits per heavy atom. The number of aromatic nitrogens is 2. The molecule has 0 aliphatic heterocycles. The Hall–Kier alpha value is -1.92. The molecule has 0 saturated heterocycles. The van der Waals surface area contributed by atoms with Crippen molar-refractivity contribution in [2.45, 2.75) is 46.7 Å². The highest BCUT2D eigenvalue weighted by molar-refractivity contribution is 7.21. The van der Waals surface area contributed by atoms with E-state index in [1.54, 1.807) is 6.20 Å². The van der Waals surface area contributed by atoms with E-state index in [0.29, 0.717) is 22.7 Å². The summed E-state index contributed by atoms with van der Waals surface area (Å²) in [6.07, 6.45) is 1.52. The van der Waals surface area contributed by atoms with Crippen molar-refractivity contribution in [3.05, 3.63) is 57.0 Å². The molecule has 0 aliphatic carbocycles. The van der Waals surface area contributed by atoms with Crippen molar-refractivity contribution in [3.8, 4) is 10.0 Å². The fraction of sp³-hybridized carbons (Fsp3) is 0.381. The van der Waals surface area contributed by atoms with Crippen molar-refractivity contribution in [1.82, 2.24) is 9.97 Å². The van der Waals surface area contributed by atoms with Gasteiger partial charge in [-0.25, -0.2) is 14.4 Å². The standard InChI is InChI=1S/C21H23FN2OS2/c1-12(2)17(22)19-18(24-21(27-19)20-23-11-14(4)26-20)16(25)10-9-15-7-5-13(3)6-8-15/h5-8,11-12,17H,9-10H2,1-4H3. The van der Waals surface area contributed by atoms with Crippen molar-refractivity contribution >= 4 is 28.5 Å². The minimum absolute atomic E-state index is 0.107. The van der Waals surface area contributed by atoms with Crippen LogP contribution in [0.1, 0.15) is 57.8 Å². The van der Waals surface area contributed by atoms with E-state index >= 15 is 0 Å². The summed E-state index contributed by atoms with van der Waals surface area (Å²) in [4.78, 5) is 23.2. The lowest BCUT2D eigenvalue weighted by atomic mass is 10.0. The van der Waals surface area contributed by atoms with Gasteiger partial charge >= 0.3 is 0 Å². The Morgan fingerprint density at radius 1 is 1.11 bits per heavy atom. The number of halogens is 1. The van der Waals surface area contributed by atoms with E-state index in [4.69, 9.17) is 0 Å². The number of rotatable bonds is 7. The van der Waals surface area contributed by atoms with Gasteiger partial charge in [0.25, 0.3) is 0 Å². The summed E-state index contributed by atoms with van der Waals surface area (Å²) in [5, 5.41) is 1.37. The van der Waals surface area contributed by atoms with Gasteiger partial charge in [0.2, 0.25) is 0 Å². The van der Waals surface area contributed by atoms with Crippen LogP contribution in [0.2, 0.25) is 0 Å². The fourth-order valence-electron chi connectivity index (χ4n) is 2.70. The lowest BCUT2D eigenvalue weighted by Gasteiger charge is -2.11. The van der Waals surface area contributed by atoms with Gasteiger partial charge < -0.3 is 0 Å². The largest absolute Gasteiger partial charge is 0.292 e. The van der Waals surface area contributed by atoms with Crippen molar-refractivity contribution in [1.29, 1.82) is 0 Å². The second kappa shape index (κ2) is 8.40. The number of ketones is 1. The van der Waals surface area contributed by atoms with E-state index in [1.807, 2.05) is 52.0 Å². The molecule has 27 heavy (non-hydrogen) atoms. The number of hydrogen-bond donors (Lipinski definition) is 0. The van der Waals surface area contributed by atoms with E-state index in [2.05, 4.69) is 9.97 Å². The summed E-state index contributed by atoms with van der Waals surface area (Å²) >= 11 is 2.76. The summed E-state index contributed by atoms with van der Waals surface area (Å²) in [6, 6.07) is 8.13. The van der Waals surface area contributed by atoms with Crippen molar-refractivity contribution < 1.29 is 9.18 Å². The van der Waals surface area contributed by atoms with Crippen molar-refractivity contribution in [2.75, 3.05) is 0 Å². The first-order valence-electron chi connectivity index (χ1n) is 9.01. The minimum Gasteiger partial charge on any atom is -0.292 e. The van der Waals surface area contributed by atoms with E-state index < -0.39 is 6.17 Å². The van der Waals surface area contributed by atoms with Crippen LogP contribution in [0.4, 0.5) is 4.39 Å². The number of hydrogen-bond acceptors (Lipinski definition) is 5. The minimum atomic E-state index is -1.20. The SMILES string of the molecule is Cc1ccc(CCC(=O)c2nc(-c3ncc(C)s3)sc2C(F)C(C)C)cc1. The Morgan fingerprint density at radius 3 is 2.41 bits per heavy atom. The van der Waals surface area contributed by atoms with Crippen LogP contribution in [0.25, 0.3) is 10.0 Å². The molecule has 0 saturated carbocycles. The maximum atomic E-state index is 14.8. The summed E-state index contributed by atoms with van der Waals surface area (Å²) in [5.41, 5.74) is 2.56. The second-order valence-corrected chi connectivity index (χ2v) is 9.33. The van der Waals surface area contributed by atoms with Crippen LogP contribution in [-0.4, -0.2) is 15.8 Å². The fourth-order valence-corrected chi connectivity index (χ4v) is 4.72. The highest BCUT2D eigenvalue weighted by atomic mass is 32.1. The number of thiazole rings is 2. The van der Waals surface area contributed by atoms with Gasteiger partial charge in [0.15, 0.2) is 15.8 Å². The molecule has 1 unspecified atom stereocenters. The Kier molecular flexibility index (Phi) is 6.17. The second-order valence-electron chi connectivity index (χ2n) is 7.06. The third kappa shape index (κ3) is 4.68. The van der Waals surface area contributed by atoms with Gasteiger partial charge in [-0.2, -0.15) is 0 Å². The number of carbonyl (C=O) groups is 1. The first-order chi connectivity index (χ1) is 12.8. The van der Waals surface area contributed by atoms with E-state index in [9.17, 15) is 9.18 Å². The first kappa shape index (κ1) is 19.8. The van der Waals surface area contributed by atoms with Gasteiger partial charge in [-0.1, -0.05) is 43.7 Å². The van der Waals surface area contributed by atoms with Crippen LogP contribution >= 0.6 is 22.7 Å². The molecule has 0 N–H and O–H groups in total. The molecule has 0 fully saturated rings. The number of alkyl halides is 1. The molecule has 0 radical (unpaired) electrons. The smallest absolute Gasteiger partial charge is 0.182 e. The van der Waals surface area contributed by atoms with E-state index in [1.165, 1.54) is 28.2 Å². The van der Waals surface area contributed by atoms with Gasteiger partial charge in [0.05, 0.1) is 4.88 Å². The van der Waals surface area contributed by atoms with Crippen molar-refractivity contribution in [3.63, 3.8) is 0 Å². The Balaban J connectivity index is 1.86. The third-order valence-corrected chi connectivity index (χ3v) is 6.48. The van der Waals surface area contributed by atoms with E-state index in [-0.39, 0.29) is 17.4 Å². The van der Waals surface area contributed by atoms with Crippen LogP contribution in [0.15, 0.2) is 30.5 Å². The Labute approximate surface area is 167 Å². The lowest BCUT2D eigenvalue weighted by molar-refractivity contribution is 0.0975. The third-order valence-electron chi connectivity index (χ3n) is 4.32. The van der Waals surface area contributed by atoms with Gasteiger partial charge in [0, 0.05) is 17.5 Å². The average molecular weight is 403 g/mol. The summed E-state index contributed by atoms with van der Waals surface area (Å²) in [6.45, 7) is 7.64. The van der Waals surface area contributed by atoms with Gasteiger partial charge in [-0.3, -0.25) is 4.79 Å². The molecule has 0 spiro atoms. The normalized spacial score (nSPS) is 12.5. The maximum Gasteiger partial charge on any atom is 0.182 e. The maximum absolute atomic E-state index is 14.8. The zero-order valence-electron chi connectivity index (χ0n) is 16.0. The van der Waals surface area contributed by atoms with Crippen LogP contribution in [0.3, 0.4) is 0 Å². The molecule has 3 aromatic rings. The molecule has 0 amide bonds. The molecule has 142 valence electrons. The molecule has 2 aromatic heterocycles. The predicted octanol–water partition coefficient (Wildman–Crippen LogP) is 6.37. The molecule has 3 rings (SSSR count). The van der Waals surface area contributed by atoms with Crippen LogP contribution in [-0.2, 0) is 6.42 Å². The average Bonchev–Trinajstić information content (AvgIpc) is 3.26. The summed E-state index contributed by atoms with van der Waals surface area (Å²) < 4.78 is 14.8. The highest BCUT2D eigenvalue weighted by Gasteiger charge is 2.27. The number of benzene rings is 1. The van der Waals surface area contributed by atoms with E-state index in [0.717, 1.165) is 15.4 Å². The highest BCUT2D eigenvalue weighted by Crippen LogP contribution is 2.38. The topological polar surface area (TPSA) is 42.9 Å². The molecule has 2 heterocycles. The first-order valence-corrected chi connectivity index (χ1v) is 10.6. The summed E-state index contributed by atoms with van der Waals surface area (Å²) in [5.74, 6) is -0.315. The zero-order valence-corrected chi connectivity index (χ0v) is 17.6. The molecule has 6 heteroatoms.